The molecule has 2 N–H and O–H groups in total. The van der Waals surface area contributed by atoms with Crippen LogP contribution in [-0.4, -0.2) is 22.8 Å². The summed E-state index contributed by atoms with van der Waals surface area (Å²) in [5, 5.41) is 15.1. The minimum Gasteiger partial charge on any atom is -0.456 e. The second kappa shape index (κ2) is 6.04. The van der Waals surface area contributed by atoms with E-state index >= 15 is 0 Å². The lowest BCUT2D eigenvalue weighted by molar-refractivity contribution is -0.384. The summed E-state index contributed by atoms with van der Waals surface area (Å²) >= 11 is 0. The molecule has 1 saturated heterocycles. The highest BCUT2D eigenvalue weighted by molar-refractivity contribution is 6.31. The van der Waals surface area contributed by atoms with E-state index in [1.807, 2.05) is 10.6 Å². The van der Waals surface area contributed by atoms with E-state index < -0.39 is 22.8 Å². The predicted octanol–water partition coefficient (Wildman–Crippen LogP) is 1.91. The van der Waals surface area contributed by atoms with Crippen LogP contribution in [0.4, 0.5) is 10.5 Å². The average Bonchev–Trinajstić information content (AvgIpc) is 2.99. The lowest BCUT2D eigenvalue weighted by Gasteiger charge is -2.13. The Kier molecular flexibility index (Phi) is 3.89. The Hall–Kier alpha value is -3.75. The highest BCUT2D eigenvalue weighted by Gasteiger charge is 2.28. The second-order valence-corrected chi connectivity index (χ2v) is 5.28. The van der Waals surface area contributed by atoms with Gasteiger partial charge in [-0.25, -0.2) is 4.79 Å². The predicted molar refractivity (Wildman–Crippen MR) is 85.2 cm³/mol. The number of nitro benzene ring substituents is 1. The van der Waals surface area contributed by atoms with Gasteiger partial charge in [-0.05, 0) is 36.8 Å². The first-order valence-electron chi connectivity index (χ1n) is 7.09. The molecule has 0 atom stereocenters. The van der Waals surface area contributed by atoms with Crippen LogP contribution < -0.4 is 10.6 Å². The Bertz CT molecular complexity index is 935. The third-order valence-corrected chi connectivity index (χ3v) is 3.47. The normalized spacial score (nSPS) is 14.1. The van der Waals surface area contributed by atoms with Gasteiger partial charge in [0.25, 0.3) is 17.5 Å². The van der Waals surface area contributed by atoms with Crippen LogP contribution in [0.25, 0.3) is 17.4 Å². The smallest absolute Gasteiger partial charge is 0.328 e. The van der Waals surface area contributed by atoms with E-state index in [4.69, 9.17) is 4.42 Å². The van der Waals surface area contributed by atoms with Crippen molar-refractivity contribution in [2.75, 3.05) is 0 Å². The van der Waals surface area contributed by atoms with E-state index in [-0.39, 0.29) is 28.3 Å². The summed E-state index contributed by atoms with van der Waals surface area (Å²) in [5.74, 6) is -1.35. The Labute approximate surface area is 140 Å². The van der Waals surface area contributed by atoms with E-state index in [0.29, 0.717) is 0 Å². The van der Waals surface area contributed by atoms with Crippen LogP contribution in [0, 0.1) is 17.0 Å². The zero-order chi connectivity index (χ0) is 18.1. The first-order valence-corrected chi connectivity index (χ1v) is 7.09. The maximum Gasteiger partial charge on any atom is 0.328 e. The van der Waals surface area contributed by atoms with Gasteiger partial charge in [-0.3, -0.25) is 30.3 Å². The summed E-state index contributed by atoms with van der Waals surface area (Å²) in [6.45, 7) is 1.73. The van der Waals surface area contributed by atoms with Crippen LogP contribution in [-0.2, 0) is 9.59 Å². The minimum absolute atomic E-state index is 0.118. The highest BCUT2D eigenvalue weighted by atomic mass is 16.6. The molecule has 0 aliphatic carbocycles. The average molecular weight is 341 g/mol. The fourth-order valence-corrected chi connectivity index (χ4v) is 2.32. The number of amides is 4. The number of hydrogen-bond donors (Lipinski definition) is 2. The molecule has 3 rings (SSSR count). The van der Waals surface area contributed by atoms with Gasteiger partial charge in [0.2, 0.25) is 0 Å². The summed E-state index contributed by atoms with van der Waals surface area (Å²) in [7, 11) is 0. The number of carbonyl (C=O) groups excluding carboxylic acids is 3. The van der Waals surface area contributed by atoms with Crippen molar-refractivity contribution in [3.63, 3.8) is 0 Å². The fraction of sp³-hybridized carbons (Fsp3) is 0.0625. The van der Waals surface area contributed by atoms with E-state index in [9.17, 15) is 24.5 Å². The quantitative estimate of drug-likeness (QED) is 0.379. The Morgan fingerprint density at radius 2 is 1.76 bits per heavy atom. The molecule has 9 nitrogen and oxygen atoms in total. The largest absolute Gasteiger partial charge is 0.456 e. The summed E-state index contributed by atoms with van der Waals surface area (Å²) in [4.78, 5) is 45.1. The number of barbiturate groups is 1. The molecule has 1 aliphatic rings. The molecule has 9 heteroatoms. The van der Waals surface area contributed by atoms with Gasteiger partial charge < -0.3 is 4.42 Å². The molecule has 1 fully saturated rings. The van der Waals surface area contributed by atoms with Crippen molar-refractivity contribution in [1.82, 2.24) is 10.6 Å². The third-order valence-electron chi connectivity index (χ3n) is 3.47. The zero-order valence-corrected chi connectivity index (χ0v) is 12.9. The van der Waals surface area contributed by atoms with Gasteiger partial charge in [0, 0.05) is 6.07 Å². The minimum atomic E-state index is -0.900. The van der Waals surface area contributed by atoms with Crippen LogP contribution >= 0.6 is 0 Å². The molecule has 1 aromatic carbocycles. The lowest BCUT2D eigenvalue weighted by atomic mass is 10.1. The number of rotatable bonds is 3. The Balaban J connectivity index is 1.98. The van der Waals surface area contributed by atoms with Crippen molar-refractivity contribution >= 4 is 29.6 Å². The zero-order valence-electron chi connectivity index (χ0n) is 12.9. The molecule has 4 amide bonds. The van der Waals surface area contributed by atoms with Crippen LogP contribution in [0.15, 0.2) is 40.3 Å². The number of urea groups is 1. The molecule has 0 unspecified atom stereocenters. The maximum atomic E-state index is 11.7. The van der Waals surface area contributed by atoms with Crippen LogP contribution in [0.5, 0.6) is 0 Å². The van der Waals surface area contributed by atoms with Crippen molar-refractivity contribution in [3.05, 3.63) is 57.3 Å². The van der Waals surface area contributed by atoms with Crippen molar-refractivity contribution in [2.45, 2.75) is 6.92 Å². The molecule has 0 saturated carbocycles. The molecular formula is C16H11N3O6. The molecule has 0 bridgehead atoms. The lowest BCUT2D eigenvalue weighted by Crippen LogP contribution is -2.51. The number of carbonyl (C=O) groups is 3. The number of aryl methyl sites for hydroxylation is 1. The number of furan rings is 1. The number of benzene rings is 1. The van der Waals surface area contributed by atoms with E-state index in [1.165, 1.54) is 18.2 Å². The molecule has 25 heavy (non-hydrogen) atoms. The number of nitrogens with zero attached hydrogens (tertiary/aromatic N) is 1. The molecule has 126 valence electrons. The molecule has 1 aliphatic heterocycles. The third kappa shape index (κ3) is 3.15. The van der Waals surface area contributed by atoms with Crippen LogP contribution in [0.3, 0.4) is 0 Å². The molecule has 2 aromatic rings. The molecule has 2 heterocycles. The Morgan fingerprint density at radius 3 is 2.40 bits per heavy atom. The van der Waals surface area contributed by atoms with Gasteiger partial charge in [0.1, 0.15) is 17.1 Å². The van der Waals surface area contributed by atoms with E-state index in [1.54, 1.807) is 19.1 Å². The van der Waals surface area contributed by atoms with Crippen LogP contribution in [0.2, 0.25) is 0 Å². The number of hydrogen-bond acceptors (Lipinski definition) is 6. The first kappa shape index (κ1) is 16.1. The number of imide groups is 2. The van der Waals surface area contributed by atoms with Gasteiger partial charge >= 0.3 is 6.03 Å². The second-order valence-electron chi connectivity index (χ2n) is 5.28. The van der Waals surface area contributed by atoms with Crippen LogP contribution in [0.1, 0.15) is 11.3 Å². The van der Waals surface area contributed by atoms with Gasteiger partial charge in [-0.1, -0.05) is 6.07 Å². The summed E-state index contributed by atoms with van der Waals surface area (Å²) in [5.41, 5.74) is 0.573. The maximum absolute atomic E-state index is 11.7. The van der Waals surface area contributed by atoms with Gasteiger partial charge in [0.15, 0.2) is 0 Å². The van der Waals surface area contributed by atoms with Gasteiger partial charge in [-0.2, -0.15) is 0 Å². The van der Waals surface area contributed by atoms with Crippen molar-refractivity contribution in [1.29, 1.82) is 0 Å². The summed E-state index contributed by atoms with van der Waals surface area (Å²) in [6.07, 6.45) is 1.15. The number of nitro groups is 1. The van der Waals surface area contributed by atoms with E-state index in [0.717, 1.165) is 11.6 Å². The topological polar surface area (TPSA) is 132 Å². The number of nitrogens with one attached hydrogen (secondary N) is 2. The van der Waals surface area contributed by atoms with Crippen molar-refractivity contribution in [3.8, 4) is 11.3 Å². The van der Waals surface area contributed by atoms with Crippen molar-refractivity contribution in [2.24, 2.45) is 0 Å². The van der Waals surface area contributed by atoms with E-state index in [2.05, 4.69) is 0 Å². The SMILES string of the molecule is Cc1ccc(-c2ccc(C=C3C(=O)NC(=O)NC3=O)o2)c([N+](=O)[O-])c1. The molecule has 0 spiro atoms. The molecule has 1 aromatic heterocycles. The van der Waals surface area contributed by atoms with Crippen molar-refractivity contribution < 1.29 is 23.7 Å². The monoisotopic (exact) mass is 341 g/mol. The van der Waals surface area contributed by atoms with Gasteiger partial charge in [0.05, 0.1) is 10.5 Å². The Morgan fingerprint density at radius 1 is 1.08 bits per heavy atom. The standard InChI is InChI=1S/C16H11N3O6/c1-8-2-4-10(12(6-8)19(23)24)13-5-3-9(25-13)7-11-14(20)17-16(22)18-15(11)21/h2-7H,1H3,(H2,17,18,20,21,22). The highest BCUT2D eigenvalue weighted by Crippen LogP contribution is 2.32. The molecular weight excluding hydrogens is 330 g/mol. The molecule has 0 radical (unpaired) electrons. The fourth-order valence-electron chi connectivity index (χ4n) is 2.32. The summed E-state index contributed by atoms with van der Waals surface area (Å²) in [6, 6.07) is 6.74. The summed E-state index contributed by atoms with van der Waals surface area (Å²) < 4.78 is 5.50. The first-order chi connectivity index (χ1) is 11.8. The van der Waals surface area contributed by atoms with Gasteiger partial charge in [-0.15, -0.1) is 0 Å².